The van der Waals surface area contributed by atoms with Gasteiger partial charge in [-0.2, -0.15) is 0 Å². The number of benzene rings is 1. The maximum Gasteiger partial charge on any atom is 0.0457 e. The van der Waals surface area contributed by atoms with Gasteiger partial charge in [0.15, 0.2) is 0 Å². The van der Waals surface area contributed by atoms with Gasteiger partial charge in [0.2, 0.25) is 0 Å². The third-order valence-electron chi connectivity index (χ3n) is 2.92. The van der Waals surface area contributed by atoms with Crippen LogP contribution in [0.15, 0.2) is 29.6 Å². The van der Waals surface area contributed by atoms with Crippen molar-refractivity contribution in [2.24, 2.45) is 0 Å². The Labute approximate surface area is 118 Å². The predicted octanol–water partition coefficient (Wildman–Crippen LogP) is 4.87. The van der Waals surface area contributed by atoms with E-state index in [1.54, 1.807) is 11.3 Å². The second-order valence-corrected chi connectivity index (χ2v) is 6.26. The standard InChI is InChI=1S/C15H18ClNS/c1-10(2)17-9-13-5-4-12(8-15(13)16)14-6-7-18-11(14)3/h4-8,10,17H,9H2,1-3H3. The molecule has 0 fully saturated rings. The third-order valence-corrected chi connectivity index (χ3v) is 4.12. The summed E-state index contributed by atoms with van der Waals surface area (Å²) in [6.45, 7) is 7.23. The monoisotopic (exact) mass is 279 g/mol. The largest absolute Gasteiger partial charge is 0.310 e. The Bertz CT molecular complexity index is 531. The van der Waals surface area contributed by atoms with Crippen LogP contribution in [0.1, 0.15) is 24.3 Å². The minimum atomic E-state index is 0.472. The zero-order valence-corrected chi connectivity index (χ0v) is 12.5. The van der Waals surface area contributed by atoms with Crippen molar-refractivity contribution in [2.75, 3.05) is 0 Å². The summed E-state index contributed by atoms with van der Waals surface area (Å²) in [7, 11) is 0. The Balaban J connectivity index is 2.22. The van der Waals surface area contributed by atoms with Gasteiger partial charge in [-0.15, -0.1) is 11.3 Å². The first kappa shape index (κ1) is 13.6. The van der Waals surface area contributed by atoms with Gasteiger partial charge in [0.05, 0.1) is 0 Å². The van der Waals surface area contributed by atoms with Crippen molar-refractivity contribution in [3.8, 4) is 11.1 Å². The number of halogens is 1. The number of aryl methyl sites for hydroxylation is 1. The summed E-state index contributed by atoms with van der Waals surface area (Å²) in [4.78, 5) is 1.33. The number of thiophene rings is 1. The van der Waals surface area contributed by atoms with E-state index < -0.39 is 0 Å². The maximum atomic E-state index is 6.35. The predicted molar refractivity (Wildman–Crippen MR) is 81.5 cm³/mol. The van der Waals surface area contributed by atoms with Gasteiger partial charge in [-0.05, 0) is 41.1 Å². The van der Waals surface area contributed by atoms with E-state index in [0.29, 0.717) is 6.04 Å². The molecule has 0 unspecified atom stereocenters. The van der Waals surface area contributed by atoms with Gasteiger partial charge < -0.3 is 5.32 Å². The lowest BCUT2D eigenvalue weighted by molar-refractivity contribution is 0.589. The second-order valence-electron chi connectivity index (χ2n) is 4.73. The van der Waals surface area contributed by atoms with Crippen molar-refractivity contribution in [1.29, 1.82) is 0 Å². The van der Waals surface area contributed by atoms with E-state index in [4.69, 9.17) is 11.6 Å². The molecule has 1 nitrogen and oxygen atoms in total. The molecule has 0 radical (unpaired) electrons. The van der Waals surface area contributed by atoms with Crippen LogP contribution >= 0.6 is 22.9 Å². The van der Waals surface area contributed by atoms with Crippen molar-refractivity contribution in [1.82, 2.24) is 5.32 Å². The van der Waals surface area contributed by atoms with Gasteiger partial charge in [-0.1, -0.05) is 37.6 Å². The number of nitrogens with one attached hydrogen (secondary N) is 1. The zero-order chi connectivity index (χ0) is 13.1. The summed E-state index contributed by atoms with van der Waals surface area (Å²) in [5.41, 5.74) is 3.64. The Morgan fingerprint density at radius 2 is 2.06 bits per heavy atom. The van der Waals surface area contributed by atoms with Gasteiger partial charge in [0.1, 0.15) is 0 Å². The molecule has 18 heavy (non-hydrogen) atoms. The lowest BCUT2D eigenvalue weighted by Crippen LogP contribution is -2.21. The lowest BCUT2D eigenvalue weighted by atomic mass is 10.0. The number of hydrogen-bond acceptors (Lipinski definition) is 2. The molecule has 1 aromatic carbocycles. The normalized spacial score (nSPS) is 11.2. The molecule has 1 N–H and O–H groups in total. The highest BCUT2D eigenvalue weighted by atomic mass is 35.5. The highest BCUT2D eigenvalue weighted by Gasteiger charge is 2.07. The smallest absolute Gasteiger partial charge is 0.0457 e. The SMILES string of the molecule is Cc1sccc1-c1ccc(CNC(C)C)c(Cl)c1. The first-order chi connectivity index (χ1) is 8.58. The molecule has 0 aliphatic rings. The molecule has 0 saturated carbocycles. The molecule has 0 saturated heterocycles. The minimum Gasteiger partial charge on any atom is -0.310 e. The quantitative estimate of drug-likeness (QED) is 0.841. The van der Waals surface area contributed by atoms with Crippen LogP contribution in [-0.2, 0) is 6.54 Å². The molecular formula is C15H18ClNS. The van der Waals surface area contributed by atoms with Crippen LogP contribution in [0.3, 0.4) is 0 Å². The fourth-order valence-electron chi connectivity index (χ4n) is 1.86. The third kappa shape index (κ3) is 3.14. The molecule has 0 spiro atoms. The van der Waals surface area contributed by atoms with Crippen molar-refractivity contribution < 1.29 is 0 Å². The van der Waals surface area contributed by atoms with E-state index in [2.05, 4.69) is 55.7 Å². The molecule has 0 atom stereocenters. The first-order valence-electron chi connectivity index (χ1n) is 6.14. The molecule has 1 heterocycles. The molecule has 2 aromatic rings. The molecule has 3 heteroatoms. The summed E-state index contributed by atoms with van der Waals surface area (Å²) in [6.07, 6.45) is 0. The Kier molecular flexibility index (Phi) is 4.44. The van der Waals surface area contributed by atoms with Gasteiger partial charge >= 0.3 is 0 Å². The summed E-state index contributed by atoms with van der Waals surface area (Å²) in [6, 6.07) is 8.95. The van der Waals surface area contributed by atoms with Crippen molar-refractivity contribution >= 4 is 22.9 Å². The first-order valence-corrected chi connectivity index (χ1v) is 7.40. The number of rotatable bonds is 4. The molecule has 0 aliphatic heterocycles. The summed E-state index contributed by atoms with van der Waals surface area (Å²) in [5, 5.41) is 6.34. The summed E-state index contributed by atoms with van der Waals surface area (Å²) >= 11 is 8.11. The molecule has 0 aliphatic carbocycles. The van der Waals surface area contributed by atoms with Crippen molar-refractivity contribution in [3.63, 3.8) is 0 Å². The van der Waals surface area contributed by atoms with Crippen LogP contribution in [-0.4, -0.2) is 6.04 Å². The van der Waals surface area contributed by atoms with Gasteiger partial charge in [0, 0.05) is 22.5 Å². The molecule has 96 valence electrons. The van der Waals surface area contributed by atoms with Crippen molar-refractivity contribution in [2.45, 2.75) is 33.4 Å². The topological polar surface area (TPSA) is 12.0 Å². The van der Waals surface area contributed by atoms with Gasteiger partial charge in [0.25, 0.3) is 0 Å². The molecule has 1 aromatic heterocycles. The molecule has 0 amide bonds. The van der Waals surface area contributed by atoms with Crippen LogP contribution in [0.25, 0.3) is 11.1 Å². The second kappa shape index (κ2) is 5.87. The Morgan fingerprint density at radius 3 is 2.61 bits per heavy atom. The van der Waals surface area contributed by atoms with Crippen LogP contribution in [0.5, 0.6) is 0 Å². The Morgan fingerprint density at radius 1 is 1.28 bits per heavy atom. The van der Waals surface area contributed by atoms with E-state index in [1.165, 1.54) is 16.0 Å². The average molecular weight is 280 g/mol. The van der Waals surface area contributed by atoms with Gasteiger partial charge in [-0.3, -0.25) is 0 Å². The molecule has 0 bridgehead atoms. The highest BCUT2D eigenvalue weighted by molar-refractivity contribution is 7.10. The van der Waals surface area contributed by atoms with Crippen LogP contribution in [0.2, 0.25) is 5.02 Å². The zero-order valence-electron chi connectivity index (χ0n) is 11.0. The maximum absolute atomic E-state index is 6.35. The Hall–Kier alpha value is -0.830. The van der Waals surface area contributed by atoms with E-state index >= 15 is 0 Å². The average Bonchev–Trinajstić information content (AvgIpc) is 2.73. The van der Waals surface area contributed by atoms with E-state index in [1.807, 2.05) is 0 Å². The van der Waals surface area contributed by atoms with Gasteiger partial charge in [-0.25, -0.2) is 0 Å². The number of hydrogen-bond donors (Lipinski definition) is 1. The van der Waals surface area contributed by atoms with Crippen LogP contribution in [0, 0.1) is 6.92 Å². The highest BCUT2D eigenvalue weighted by Crippen LogP contribution is 2.30. The fraction of sp³-hybridized carbons (Fsp3) is 0.333. The van der Waals surface area contributed by atoms with Crippen LogP contribution < -0.4 is 5.32 Å². The minimum absolute atomic E-state index is 0.472. The molecular weight excluding hydrogens is 262 g/mol. The molecule has 2 rings (SSSR count). The lowest BCUT2D eigenvalue weighted by Gasteiger charge is -2.11. The summed E-state index contributed by atoms with van der Waals surface area (Å²) < 4.78 is 0. The van der Waals surface area contributed by atoms with Crippen LogP contribution in [0.4, 0.5) is 0 Å². The summed E-state index contributed by atoms with van der Waals surface area (Å²) in [5.74, 6) is 0. The van der Waals surface area contributed by atoms with E-state index in [9.17, 15) is 0 Å². The van der Waals surface area contributed by atoms with Crippen molar-refractivity contribution in [3.05, 3.63) is 45.1 Å². The van der Waals surface area contributed by atoms with E-state index in [-0.39, 0.29) is 0 Å². The fourth-order valence-corrected chi connectivity index (χ4v) is 2.83. The van der Waals surface area contributed by atoms with E-state index in [0.717, 1.165) is 17.1 Å².